The molecule has 0 unspecified atom stereocenters. The Labute approximate surface area is 121 Å². The van der Waals surface area contributed by atoms with E-state index in [0.717, 1.165) is 6.42 Å². The summed E-state index contributed by atoms with van der Waals surface area (Å²) < 4.78 is 7.42. The molecule has 3 atom stereocenters. The Morgan fingerprint density at radius 3 is 2.70 bits per heavy atom. The van der Waals surface area contributed by atoms with Gasteiger partial charge in [-0.1, -0.05) is 13.8 Å². The Bertz CT molecular complexity index is 432. The molecule has 1 aliphatic carbocycles. The van der Waals surface area contributed by atoms with Gasteiger partial charge in [-0.25, -0.2) is 0 Å². The number of aromatic nitrogens is 2. The van der Waals surface area contributed by atoms with Crippen LogP contribution in [0.2, 0.25) is 0 Å². The van der Waals surface area contributed by atoms with E-state index in [0.29, 0.717) is 19.1 Å². The second-order valence-corrected chi connectivity index (χ2v) is 6.70. The van der Waals surface area contributed by atoms with Crippen molar-refractivity contribution in [3.63, 3.8) is 0 Å². The number of nitrogens with zero attached hydrogens (tertiary/aromatic N) is 3. The van der Waals surface area contributed by atoms with Crippen LogP contribution in [0.4, 0.5) is 0 Å². The van der Waals surface area contributed by atoms with E-state index in [9.17, 15) is 5.11 Å². The zero-order valence-corrected chi connectivity index (χ0v) is 13.2. The summed E-state index contributed by atoms with van der Waals surface area (Å²) in [6, 6.07) is 2.30. The quantitative estimate of drug-likeness (QED) is 0.856. The van der Waals surface area contributed by atoms with Gasteiger partial charge in [0.15, 0.2) is 0 Å². The monoisotopic (exact) mass is 281 g/mol. The highest BCUT2D eigenvalue weighted by Crippen LogP contribution is 2.53. The molecule has 5 heteroatoms. The number of hydrogen-bond acceptors (Lipinski definition) is 4. The fourth-order valence-electron chi connectivity index (χ4n) is 3.30. The number of aliphatic hydroxyl groups is 1. The fourth-order valence-corrected chi connectivity index (χ4v) is 3.30. The van der Waals surface area contributed by atoms with E-state index in [-0.39, 0.29) is 11.0 Å². The van der Waals surface area contributed by atoms with Crippen molar-refractivity contribution in [1.82, 2.24) is 14.7 Å². The lowest BCUT2D eigenvalue weighted by atomic mass is 9.55. The molecule has 0 radical (unpaired) electrons. The number of likely N-dealkylation sites (N-methyl/N-ethyl adjacent to an activating group) is 1. The fraction of sp³-hybridized carbons (Fsp3) is 0.800. The lowest BCUT2D eigenvalue weighted by Crippen LogP contribution is -2.68. The topological polar surface area (TPSA) is 50.5 Å². The van der Waals surface area contributed by atoms with E-state index in [2.05, 4.69) is 37.8 Å². The van der Waals surface area contributed by atoms with Crippen LogP contribution < -0.4 is 0 Å². The van der Waals surface area contributed by atoms with Gasteiger partial charge in [0.2, 0.25) is 0 Å². The van der Waals surface area contributed by atoms with Gasteiger partial charge in [-0.05, 0) is 26.5 Å². The molecule has 0 aliphatic heterocycles. The molecule has 0 aromatic carbocycles. The van der Waals surface area contributed by atoms with Crippen LogP contribution in [0, 0.1) is 5.41 Å². The van der Waals surface area contributed by atoms with Crippen molar-refractivity contribution in [2.45, 2.75) is 51.5 Å². The first-order valence-corrected chi connectivity index (χ1v) is 7.21. The van der Waals surface area contributed by atoms with Gasteiger partial charge in [0, 0.05) is 37.5 Å². The lowest BCUT2D eigenvalue weighted by Gasteiger charge is -2.61. The standard InChI is InChI=1S/C15H27N3O2/c1-14(2)13(9-15(14,3)20-5)17(4)10-12(19)11-18-8-6-7-16-18/h6-8,12-13,19H,9-11H2,1-5H3/t12-,13-,15+/m0/s1. The summed E-state index contributed by atoms with van der Waals surface area (Å²) in [5, 5.41) is 14.3. The van der Waals surface area contributed by atoms with E-state index in [1.54, 1.807) is 18.0 Å². The highest BCUT2D eigenvalue weighted by Gasteiger charge is 2.58. The molecule has 20 heavy (non-hydrogen) atoms. The zero-order valence-electron chi connectivity index (χ0n) is 13.2. The van der Waals surface area contributed by atoms with Crippen molar-refractivity contribution >= 4 is 0 Å². The highest BCUT2D eigenvalue weighted by atomic mass is 16.5. The molecule has 1 aromatic rings. The van der Waals surface area contributed by atoms with E-state index < -0.39 is 6.10 Å². The number of ether oxygens (including phenoxy) is 1. The molecule has 0 bridgehead atoms. The van der Waals surface area contributed by atoms with Crippen molar-refractivity contribution in [2.24, 2.45) is 5.41 Å². The number of methoxy groups -OCH3 is 1. The van der Waals surface area contributed by atoms with Gasteiger partial charge in [0.1, 0.15) is 0 Å². The first kappa shape index (κ1) is 15.5. The molecule has 0 saturated heterocycles. The third-order valence-electron chi connectivity index (χ3n) is 5.22. The predicted octanol–water partition coefficient (Wildman–Crippen LogP) is 1.38. The van der Waals surface area contributed by atoms with Crippen molar-refractivity contribution in [3.8, 4) is 0 Å². The molecular weight excluding hydrogens is 254 g/mol. The van der Waals surface area contributed by atoms with Gasteiger partial charge < -0.3 is 14.7 Å². The molecule has 0 amide bonds. The minimum atomic E-state index is -0.412. The van der Waals surface area contributed by atoms with Crippen LogP contribution in [0.1, 0.15) is 27.2 Å². The zero-order chi connectivity index (χ0) is 15.0. The predicted molar refractivity (Wildman–Crippen MR) is 78.5 cm³/mol. The Kier molecular flexibility index (Phi) is 4.23. The maximum Gasteiger partial charge on any atom is 0.0862 e. The first-order valence-electron chi connectivity index (χ1n) is 7.21. The van der Waals surface area contributed by atoms with Crippen molar-refractivity contribution in [3.05, 3.63) is 18.5 Å². The Morgan fingerprint density at radius 1 is 1.50 bits per heavy atom. The molecule has 1 aliphatic rings. The minimum Gasteiger partial charge on any atom is -0.390 e. The maximum absolute atomic E-state index is 10.2. The second kappa shape index (κ2) is 5.47. The largest absolute Gasteiger partial charge is 0.390 e. The van der Waals surface area contributed by atoms with Gasteiger partial charge in [0.05, 0.1) is 18.2 Å². The molecule has 1 N–H and O–H groups in total. The van der Waals surface area contributed by atoms with Crippen LogP contribution in [0.15, 0.2) is 18.5 Å². The summed E-state index contributed by atoms with van der Waals surface area (Å²) in [6.07, 6.45) is 4.19. The van der Waals surface area contributed by atoms with Gasteiger partial charge in [-0.15, -0.1) is 0 Å². The van der Waals surface area contributed by atoms with Crippen LogP contribution in [0.5, 0.6) is 0 Å². The normalized spacial score (nSPS) is 30.2. The van der Waals surface area contributed by atoms with Crippen molar-refractivity contribution < 1.29 is 9.84 Å². The molecule has 1 saturated carbocycles. The Balaban J connectivity index is 1.88. The summed E-state index contributed by atoms with van der Waals surface area (Å²) in [7, 11) is 3.86. The van der Waals surface area contributed by atoms with Crippen LogP contribution in [0.25, 0.3) is 0 Å². The molecule has 5 nitrogen and oxygen atoms in total. The molecule has 0 spiro atoms. The minimum absolute atomic E-state index is 0.0706. The number of hydrogen-bond donors (Lipinski definition) is 1. The van der Waals surface area contributed by atoms with E-state index >= 15 is 0 Å². The van der Waals surface area contributed by atoms with E-state index in [1.807, 2.05) is 12.3 Å². The van der Waals surface area contributed by atoms with Crippen LogP contribution in [0.3, 0.4) is 0 Å². The van der Waals surface area contributed by atoms with E-state index in [4.69, 9.17) is 4.74 Å². The number of aliphatic hydroxyl groups excluding tert-OH is 1. The van der Waals surface area contributed by atoms with E-state index in [1.165, 1.54) is 0 Å². The van der Waals surface area contributed by atoms with Crippen LogP contribution >= 0.6 is 0 Å². The van der Waals surface area contributed by atoms with Gasteiger partial charge in [0.25, 0.3) is 0 Å². The highest BCUT2D eigenvalue weighted by molar-refractivity contribution is 5.11. The lowest BCUT2D eigenvalue weighted by molar-refractivity contribution is -0.208. The first-order chi connectivity index (χ1) is 9.30. The third-order valence-corrected chi connectivity index (χ3v) is 5.22. The summed E-state index contributed by atoms with van der Waals surface area (Å²) in [5.41, 5.74) is 0.0147. The van der Waals surface area contributed by atoms with Gasteiger partial charge in [-0.3, -0.25) is 4.68 Å². The summed E-state index contributed by atoms with van der Waals surface area (Å²) in [5.74, 6) is 0. The summed E-state index contributed by atoms with van der Waals surface area (Å²) in [4.78, 5) is 2.24. The smallest absolute Gasteiger partial charge is 0.0862 e. The van der Waals surface area contributed by atoms with Crippen LogP contribution in [-0.2, 0) is 11.3 Å². The average molecular weight is 281 g/mol. The summed E-state index contributed by atoms with van der Waals surface area (Å²) >= 11 is 0. The number of rotatable bonds is 6. The average Bonchev–Trinajstić information content (AvgIpc) is 2.87. The molecule has 1 heterocycles. The SMILES string of the molecule is CO[C@]1(C)C[C@H](N(C)C[C@H](O)Cn2cccn2)C1(C)C. The summed E-state index contributed by atoms with van der Waals surface area (Å²) in [6.45, 7) is 7.82. The van der Waals surface area contributed by atoms with Gasteiger partial charge >= 0.3 is 0 Å². The molecule has 1 fully saturated rings. The Hall–Kier alpha value is -0.910. The Morgan fingerprint density at radius 2 is 2.20 bits per heavy atom. The molecule has 114 valence electrons. The van der Waals surface area contributed by atoms with Crippen molar-refractivity contribution in [2.75, 3.05) is 20.7 Å². The van der Waals surface area contributed by atoms with Crippen LogP contribution in [-0.4, -0.2) is 58.2 Å². The second-order valence-electron chi connectivity index (χ2n) is 6.70. The van der Waals surface area contributed by atoms with Gasteiger partial charge in [-0.2, -0.15) is 5.10 Å². The molecule has 2 rings (SSSR count). The maximum atomic E-state index is 10.2. The molecular formula is C15H27N3O2. The third kappa shape index (κ3) is 2.62. The van der Waals surface area contributed by atoms with Crippen molar-refractivity contribution in [1.29, 1.82) is 0 Å². The molecule has 1 aromatic heterocycles.